The van der Waals surface area contributed by atoms with E-state index >= 15 is 0 Å². The van der Waals surface area contributed by atoms with E-state index in [4.69, 9.17) is 4.52 Å². The summed E-state index contributed by atoms with van der Waals surface area (Å²) >= 11 is 0. The first-order valence-corrected chi connectivity index (χ1v) is 9.39. The van der Waals surface area contributed by atoms with Crippen molar-refractivity contribution in [3.63, 3.8) is 0 Å². The van der Waals surface area contributed by atoms with Gasteiger partial charge in [0.1, 0.15) is 17.0 Å². The standard InChI is InChI=1S/C22H15FN6O2/c1-13-7-8-14(22-27-20(28-31-22)19-15(23)5-4-9-24-19)11-16(13)26-21(30)17-12-25-18-6-2-3-10-29(17)18/h2-12H,1H3,(H,26,30). The zero-order chi connectivity index (χ0) is 21.4. The third kappa shape index (κ3) is 3.42. The molecule has 31 heavy (non-hydrogen) atoms. The third-order valence-electron chi connectivity index (χ3n) is 4.78. The zero-order valence-corrected chi connectivity index (χ0v) is 16.3. The molecule has 5 rings (SSSR count). The van der Waals surface area contributed by atoms with Gasteiger partial charge in [-0.3, -0.25) is 9.20 Å². The highest BCUT2D eigenvalue weighted by molar-refractivity contribution is 6.04. The second-order valence-electron chi connectivity index (χ2n) is 6.81. The van der Waals surface area contributed by atoms with Gasteiger partial charge in [0.15, 0.2) is 5.82 Å². The Hall–Kier alpha value is -4.40. The number of rotatable bonds is 4. The molecule has 1 amide bonds. The predicted octanol–water partition coefficient (Wildman–Crippen LogP) is 4.15. The number of anilines is 1. The molecule has 1 N–H and O–H groups in total. The molecule has 152 valence electrons. The molecule has 0 saturated carbocycles. The highest BCUT2D eigenvalue weighted by Gasteiger charge is 2.17. The minimum atomic E-state index is -0.542. The molecular weight excluding hydrogens is 399 g/mol. The average molecular weight is 414 g/mol. The van der Waals surface area contributed by atoms with Crippen LogP contribution in [0.4, 0.5) is 10.1 Å². The highest BCUT2D eigenvalue weighted by Crippen LogP contribution is 2.27. The molecular formula is C22H15FN6O2. The summed E-state index contributed by atoms with van der Waals surface area (Å²) in [6.07, 6.45) is 4.75. The van der Waals surface area contributed by atoms with Crippen LogP contribution >= 0.6 is 0 Å². The van der Waals surface area contributed by atoms with Crippen LogP contribution in [-0.4, -0.2) is 30.4 Å². The Balaban J connectivity index is 1.45. The van der Waals surface area contributed by atoms with E-state index in [0.717, 1.165) is 5.56 Å². The molecule has 0 saturated heterocycles. The Labute approximate surface area is 175 Å². The number of imidazole rings is 1. The number of benzene rings is 1. The number of fused-ring (bicyclic) bond motifs is 1. The fourth-order valence-corrected chi connectivity index (χ4v) is 3.16. The minimum absolute atomic E-state index is 0.00532. The number of pyridine rings is 2. The molecule has 0 bridgehead atoms. The quantitative estimate of drug-likeness (QED) is 0.474. The van der Waals surface area contributed by atoms with Crippen molar-refractivity contribution in [3.05, 3.63) is 84.2 Å². The smallest absolute Gasteiger partial charge is 0.274 e. The van der Waals surface area contributed by atoms with Crippen LogP contribution in [0.5, 0.6) is 0 Å². The molecule has 0 radical (unpaired) electrons. The van der Waals surface area contributed by atoms with Crippen molar-refractivity contribution in [1.82, 2.24) is 24.5 Å². The zero-order valence-electron chi connectivity index (χ0n) is 16.3. The second kappa shape index (κ2) is 7.45. The lowest BCUT2D eigenvalue weighted by Gasteiger charge is -2.09. The van der Waals surface area contributed by atoms with Crippen molar-refractivity contribution < 1.29 is 13.7 Å². The molecule has 5 aromatic rings. The van der Waals surface area contributed by atoms with Crippen LogP contribution in [0.2, 0.25) is 0 Å². The van der Waals surface area contributed by atoms with Crippen molar-refractivity contribution in [2.45, 2.75) is 6.92 Å². The molecule has 0 spiro atoms. The molecule has 0 fully saturated rings. The Morgan fingerprint density at radius 3 is 2.90 bits per heavy atom. The summed E-state index contributed by atoms with van der Waals surface area (Å²) in [6.45, 7) is 1.87. The number of hydrogen-bond donors (Lipinski definition) is 1. The van der Waals surface area contributed by atoms with Crippen LogP contribution in [0.1, 0.15) is 16.1 Å². The summed E-state index contributed by atoms with van der Waals surface area (Å²) in [4.78, 5) is 25.3. The lowest BCUT2D eigenvalue weighted by molar-refractivity contribution is 0.102. The maximum Gasteiger partial charge on any atom is 0.274 e. The number of carbonyl (C=O) groups is 1. The average Bonchev–Trinajstić information content (AvgIpc) is 3.43. The van der Waals surface area contributed by atoms with E-state index in [-0.39, 0.29) is 23.3 Å². The van der Waals surface area contributed by atoms with Gasteiger partial charge in [0.2, 0.25) is 5.82 Å². The van der Waals surface area contributed by atoms with Crippen molar-refractivity contribution in [1.29, 1.82) is 0 Å². The normalized spacial score (nSPS) is 11.0. The summed E-state index contributed by atoms with van der Waals surface area (Å²) in [5.74, 6) is -0.615. The molecule has 0 aliphatic rings. The van der Waals surface area contributed by atoms with Gasteiger partial charge in [-0.2, -0.15) is 4.98 Å². The van der Waals surface area contributed by atoms with Gasteiger partial charge in [0.25, 0.3) is 11.8 Å². The van der Waals surface area contributed by atoms with Gasteiger partial charge in [-0.1, -0.05) is 17.3 Å². The molecule has 4 aromatic heterocycles. The van der Waals surface area contributed by atoms with Crippen LogP contribution in [0.25, 0.3) is 28.6 Å². The van der Waals surface area contributed by atoms with Gasteiger partial charge in [0, 0.05) is 23.6 Å². The van der Waals surface area contributed by atoms with E-state index in [9.17, 15) is 9.18 Å². The molecule has 9 heteroatoms. The van der Waals surface area contributed by atoms with Crippen molar-refractivity contribution in [2.75, 3.05) is 5.32 Å². The van der Waals surface area contributed by atoms with E-state index in [2.05, 4.69) is 25.4 Å². The van der Waals surface area contributed by atoms with E-state index in [1.165, 1.54) is 24.5 Å². The lowest BCUT2D eigenvalue weighted by Crippen LogP contribution is -2.15. The van der Waals surface area contributed by atoms with E-state index in [0.29, 0.717) is 22.6 Å². The Morgan fingerprint density at radius 2 is 2.03 bits per heavy atom. The Bertz CT molecular complexity index is 1420. The van der Waals surface area contributed by atoms with Crippen LogP contribution in [0, 0.1) is 12.7 Å². The monoisotopic (exact) mass is 414 g/mol. The SMILES string of the molecule is Cc1ccc(-c2nc(-c3ncccc3F)no2)cc1NC(=O)c1cnc2ccccn12. The van der Waals surface area contributed by atoms with Gasteiger partial charge < -0.3 is 9.84 Å². The summed E-state index contributed by atoms with van der Waals surface area (Å²) in [7, 11) is 0. The molecule has 4 heterocycles. The number of carbonyl (C=O) groups excluding carboxylic acids is 1. The molecule has 0 aliphatic carbocycles. The van der Waals surface area contributed by atoms with Crippen LogP contribution < -0.4 is 5.32 Å². The largest absolute Gasteiger partial charge is 0.334 e. The molecule has 0 atom stereocenters. The lowest BCUT2D eigenvalue weighted by atomic mass is 10.1. The Kier molecular flexibility index (Phi) is 4.47. The maximum absolute atomic E-state index is 14.0. The van der Waals surface area contributed by atoms with Crippen LogP contribution in [0.3, 0.4) is 0 Å². The second-order valence-corrected chi connectivity index (χ2v) is 6.81. The minimum Gasteiger partial charge on any atom is -0.334 e. The van der Waals surface area contributed by atoms with E-state index in [1.807, 2.05) is 31.2 Å². The van der Waals surface area contributed by atoms with Crippen LogP contribution in [-0.2, 0) is 0 Å². The number of aryl methyl sites for hydroxylation is 1. The fourth-order valence-electron chi connectivity index (χ4n) is 3.16. The third-order valence-corrected chi connectivity index (χ3v) is 4.78. The van der Waals surface area contributed by atoms with E-state index < -0.39 is 5.82 Å². The maximum atomic E-state index is 14.0. The van der Waals surface area contributed by atoms with Gasteiger partial charge in [0.05, 0.1) is 6.20 Å². The fraction of sp³-hybridized carbons (Fsp3) is 0.0455. The first-order chi connectivity index (χ1) is 15.1. The van der Waals surface area contributed by atoms with E-state index in [1.54, 1.807) is 22.7 Å². The van der Waals surface area contributed by atoms with Gasteiger partial charge in [-0.25, -0.2) is 14.4 Å². The van der Waals surface area contributed by atoms with Crippen molar-refractivity contribution in [3.8, 4) is 23.0 Å². The highest BCUT2D eigenvalue weighted by atomic mass is 19.1. The van der Waals surface area contributed by atoms with Crippen molar-refractivity contribution >= 4 is 17.2 Å². The summed E-state index contributed by atoms with van der Waals surface area (Å²) < 4.78 is 21.0. The number of nitrogens with zero attached hydrogens (tertiary/aromatic N) is 5. The summed E-state index contributed by atoms with van der Waals surface area (Å²) in [6, 6.07) is 13.6. The molecule has 1 aromatic carbocycles. The first-order valence-electron chi connectivity index (χ1n) is 9.39. The first kappa shape index (κ1) is 18.6. The number of amides is 1. The topological polar surface area (TPSA) is 98.2 Å². The summed E-state index contributed by atoms with van der Waals surface area (Å²) in [5.41, 5.74) is 3.10. The molecule has 0 aliphatic heterocycles. The van der Waals surface area contributed by atoms with Gasteiger partial charge in [-0.15, -0.1) is 0 Å². The van der Waals surface area contributed by atoms with Crippen LogP contribution in [0.15, 0.2) is 71.6 Å². The molecule has 8 nitrogen and oxygen atoms in total. The van der Waals surface area contributed by atoms with Gasteiger partial charge >= 0.3 is 0 Å². The Morgan fingerprint density at radius 1 is 1.13 bits per heavy atom. The van der Waals surface area contributed by atoms with Gasteiger partial charge in [-0.05, 0) is 48.9 Å². The number of aromatic nitrogens is 5. The number of nitrogens with one attached hydrogen (secondary N) is 1. The number of halogens is 1. The summed E-state index contributed by atoms with van der Waals surface area (Å²) in [5, 5.41) is 6.72. The van der Waals surface area contributed by atoms with Crippen molar-refractivity contribution in [2.24, 2.45) is 0 Å². The molecule has 0 unspecified atom stereocenters. The number of hydrogen-bond acceptors (Lipinski definition) is 6. The predicted molar refractivity (Wildman–Crippen MR) is 111 cm³/mol.